The normalized spacial score (nSPS) is 10.0. The first-order valence-electron chi connectivity index (χ1n) is 6.57. The molecular formula is C15H11BrN2O6. The van der Waals surface area contributed by atoms with Crippen molar-refractivity contribution in [2.75, 3.05) is 11.9 Å². The van der Waals surface area contributed by atoms with E-state index in [1.807, 2.05) is 0 Å². The van der Waals surface area contributed by atoms with Gasteiger partial charge in [-0.3, -0.25) is 14.9 Å². The lowest BCUT2D eigenvalue weighted by Crippen LogP contribution is -2.20. The predicted octanol–water partition coefficient (Wildman–Crippen LogP) is 3.07. The van der Waals surface area contributed by atoms with Gasteiger partial charge in [-0.1, -0.05) is 15.9 Å². The number of carbonyl (C=O) groups excluding carboxylic acids is 1. The van der Waals surface area contributed by atoms with Crippen LogP contribution in [-0.4, -0.2) is 28.5 Å². The van der Waals surface area contributed by atoms with Crippen LogP contribution in [0.3, 0.4) is 0 Å². The van der Waals surface area contributed by atoms with Crippen molar-refractivity contribution in [3.63, 3.8) is 0 Å². The van der Waals surface area contributed by atoms with Gasteiger partial charge in [-0.25, -0.2) is 4.79 Å². The standard InChI is InChI=1S/C15H11BrN2O6/c16-10-2-4-11(5-3-10)17-14(19)8-24-13-6-1-9(15(20)21)7-12(13)18(22)23/h1-7H,8H2,(H,17,19)(H,20,21). The van der Waals surface area contributed by atoms with Crippen LogP contribution in [0, 0.1) is 10.1 Å². The van der Waals surface area contributed by atoms with Gasteiger partial charge in [0.05, 0.1) is 10.5 Å². The van der Waals surface area contributed by atoms with E-state index in [-0.39, 0.29) is 11.3 Å². The van der Waals surface area contributed by atoms with Crippen LogP contribution in [0.25, 0.3) is 0 Å². The van der Waals surface area contributed by atoms with Crippen LogP contribution in [0.15, 0.2) is 46.9 Å². The van der Waals surface area contributed by atoms with Crippen molar-refractivity contribution >= 4 is 39.2 Å². The van der Waals surface area contributed by atoms with Gasteiger partial charge in [0.25, 0.3) is 5.91 Å². The molecule has 2 aromatic carbocycles. The van der Waals surface area contributed by atoms with Crippen LogP contribution < -0.4 is 10.1 Å². The summed E-state index contributed by atoms with van der Waals surface area (Å²) in [6.45, 7) is -0.455. The number of nitrogens with zero attached hydrogens (tertiary/aromatic N) is 1. The molecule has 0 spiro atoms. The summed E-state index contributed by atoms with van der Waals surface area (Å²) >= 11 is 3.27. The Kier molecular flexibility index (Phi) is 5.48. The van der Waals surface area contributed by atoms with Crippen LogP contribution >= 0.6 is 15.9 Å². The van der Waals surface area contributed by atoms with Crippen molar-refractivity contribution in [1.82, 2.24) is 0 Å². The Bertz CT molecular complexity index is 791. The molecule has 0 unspecified atom stereocenters. The second-order valence-electron chi connectivity index (χ2n) is 4.59. The minimum absolute atomic E-state index is 0.184. The van der Waals surface area contributed by atoms with E-state index in [0.717, 1.165) is 22.7 Å². The third kappa shape index (κ3) is 4.53. The number of benzene rings is 2. The molecule has 24 heavy (non-hydrogen) atoms. The van der Waals surface area contributed by atoms with E-state index in [1.165, 1.54) is 0 Å². The van der Waals surface area contributed by atoms with Gasteiger partial charge in [0.1, 0.15) is 0 Å². The zero-order valence-corrected chi connectivity index (χ0v) is 13.6. The monoisotopic (exact) mass is 394 g/mol. The molecule has 1 amide bonds. The summed E-state index contributed by atoms with van der Waals surface area (Å²) in [4.78, 5) is 32.9. The van der Waals surface area contributed by atoms with E-state index in [2.05, 4.69) is 21.2 Å². The van der Waals surface area contributed by atoms with Gasteiger partial charge in [0, 0.05) is 16.2 Å². The average Bonchev–Trinajstić information content (AvgIpc) is 2.54. The fourth-order valence-corrected chi connectivity index (χ4v) is 2.05. The predicted molar refractivity (Wildman–Crippen MR) is 88.3 cm³/mol. The number of nitrogens with one attached hydrogen (secondary N) is 1. The quantitative estimate of drug-likeness (QED) is 0.573. The van der Waals surface area contributed by atoms with Crippen molar-refractivity contribution < 1.29 is 24.4 Å². The molecule has 0 aromatic heterocycles. The minimum Gasteiger partial charge on any atom is -0.478 e. The SMILES string of the molecule is O=C(COc1ccc(C(=O)O)cc1[N+](=O)[O-])Nc1ccc(Br)cc1. The number of carboxylic acid groups (broad SMARTS) is 1. The number of rotatable bonds is 6. The van der Waals surface area contributed by atoms with E-state index >= 15 is 0 Å². The van der Waals surface area contributed by atoms with E-state index in [4.69, 9.17) is 9.84 Å². The van der Waals surface area contributed by atoms with Crippen molar-refractivity contribution in [1.29, 1.82) is 0 Å². The van der Waals surface area contributed by atoms with Crippen molar-refractivity contribution in [2.45, 2.75) is 0 Å². The number of halogens is 1. The van der Waals surface area contributed by atoms with Crippen LogP contribution in [-0.2, 0) is 4.79 Å². The van der Waals surface area contributed by atoms with Crippen molar-refractivity contribution in [3.8, 4) is 5.75 Å². The van der Waals surface area contributed by atoms with Gasteiger partial charge in [-0.2, -0.15) is 0 Å². The third-order valence-electron chi connectivity index (χ3n) is 2.89. The molecule has 0 saturated heterocycles. The number of aromatic carboxylic acids is 1. The molecule has 0 heterocycles. The van der Waals surface area contributed by atoms with Gasteiger partial charge >= 0.3 is 11.7 Å². The zero-order valence-electron chi connectivity index (χ0n) is 12.1. The number of hydrogen-bond donors (Lipinski definition) is 2. The Morgan fingerprint density at radius 2 is 1.88 bits per heavy atom. The smallest absolute Gasteiger partial charge is 0.335 e. The molecule has 8 nitrogen and oxygen atoms in total. The summed E-state index contributed by atoms with van der Waals surface area (Å²) < 4.78 is 5.99. The zero-order chi connectivity index (χ0) is 17.7. The molecule has 2 aromatic rings. The lowest BCUT2D eigenvalue weighted by molar-refractivity contribution is -0.385. The Hall–Kier alpha value is -2.94. The minimum atomic E-state index is -1.29. The summed E-state index contributed by atoms with van der Waals surface area (Å²) in [5, 5.41) is 22.4. The summed E-state index contributed by atoms with van der Waals surface area (Å²) in [5.74, 6) is -1.98. The lowest BCUT2D eigenvalue weighted by atomic mass is 10.2. The highest BCUT2D eigenvalue weighted by molar-refractivity contribution is 9.10. The fourth-order valence-electron chi connectivity index (χ4n) is 1.79. The van der Waals surface area contributed by atoms with E-state index in [9.17, 15) is 19.7 Å². The highest BCUT2D eigenvalue weighted by Gasteiger charge is 2.19. The molecular weight excluding hydrogens is 384 g/mol. The number of ether oxygens (including phenoxy) is 1. The molecule has 0 atom stereocenters. The highest BCUT2D eigenvalue weighted by atomic mass is 79.9. The van der Waals surface area contributed by atoms with Crippen LogP contribution in [0.1, 0.15) is 10.4 Å². The van der Waals surface area contributed by atoms with Gasteiger partial charge in [0.15, 0.2) is 12.4 Å². The third-order valence-corrected chi connectivity index (χ3v) is 3.42. The maximum Gasteiger partial charge on any atom is 0.335 e. The number of anilines is 1. The molecule has 9 heteroatoms. The molecule has 2 N–H and O–H groups in total. The Balaban J connectivity index is 2.05. The van der Waals surface area contributed by atoms with Crippen LogP contribution in [0.5, 0.6) is 5.75 Å². The highest BCUT2D eigenvalue weighted by Crippen LogP contribution is 2.28. The largest absolute Gasteiger partial charge is 0.478 e. The summed E-state index contributed by atoms with van der Waals surface area (Å²) in [7, 11) is 0. The summed E-state index contributed by atoms with van der Waals surface area (Å²) in [6, 6.07) is 10.0. The number of nitro benzene ring substituents is 1. The van der Waals surface area contributed by atoms with E-state index < -0.39 is 29.1 Å². The van der Waals surface area contributed by atoms with Crippen LogP contribution in [0.4, 0.5) is 11.4 Å². The summed E-state index contributed by atoms with van der Waals surface area (Å²) in [5.41, 5.74) is -0.220. The number of amides is 1. The first kappa shape index (κ1) is 17.4. The second-order valence-corrected chi connectivity index (χ2v) is 5.50. The molecule has 0 bridgehead atoms. The second kappa shape index (κ2) is 7.55. The molecule has 0 aliphatic heterocycles. The number of hydrogen-bond acceptors (Lipinski definition) is 5. The molecule has 0 radical (unpaired) electrons. The van der Waals surface area contributed by atoms with E-state index in [0.29, 0.717) is 5.69 Å². The number of carboxylic acids is 1. The Morgan fingerprint density at radius 3 is 2.46 bits per heavy atom. The Morgan fingerprint density at radius 1 is 1.21 bits per heavy atom. The molecule has 0 saturated carbocycles. The Labute approximate surface area is 144 Å². The average molecular weight is 395 g/mol. The molecule has 0 aliphatic rings. The van der Waals surface area contributed by atoms with Crippen molar-refractivity contribution in [3.05, 3.63) is 62.6 Å². The molecule has 124 valence electrons. The first-order chi connectivity index (χ1) is 11.4. The van der Waals surface area contributed by atoms with Gasteiger partial charge in [-0.05, 0) is 36.4 Å². The topological polar surface area (TPSA) is 119 Å². The van der Waals surface area contributed by atoms with Gasteiger partial charge in [-0.15, -0.1) is 0 Å². The summed E-state index contributed by atoms with van der Waals surface area (Å²) in [6.07, 6.45) is 0. The molecule has 2 rings (SSSR count). The number of carbonyl (C=O) groups is 2. The van der Waals surface area contributed by atoms with Crippen LogP contribution in [0.2, 0.25) is 0 Å². The van der Waals surface area contributed by atoms with Gasteiger partial charge < -0.3 is 15.2 Å². The molecule has 0 fully saturated rings. The maximum atomic E-state index is 11.8. The number of nitro groups is 1. The van der Waals surface area contributed by atoms with E-state index in [1.54, 1.807) is 24.3 Å². The first-order valence-corrected chi connectivity index (χ1v) is 7.36. The fraction of sp³-hybridized carbons (Fsp3) is 0.0667. The van der Waals surface area contributed by atoms with Crippen molar-refractivity contribution in [2.24, 2.45) is 0 Å². The molecule has 0 aliphatic carbocycles. The maximum absolute atomic E-state index is 11.8. The lowest BCUT2D eigenvalue weighted by Gasteiger charge is -2.08. The van der Waals surface area contributed by atoms with Gasteiger partial charge in [0.2, 0.25) is 0 Å².